The molecule has 0 aliphatic heterocycles. The van der Waals surface area contributed by atoms with Crippen molar-refractivity contribution in [1.82, 2.24) is 9.55 Å². The maximum absolute atomic E-state index is 13.6. The van der Waals surface area contributed by atoms with E-state index < -0.39 is 12.6 Å². The molecule has 1 heterocycles. The second kappa shape index (κ2) is 6.96. The topological polar surface area (TPSA) is 48.3 Å². The predicted octanol–water partition coefficient (Wildman–Crippen LogP) is 4.62. The number of hydrogen-bond acceptors (Lipinski definition) is 4. The number of halogens is 2. The molecule has 1 atom stereocenters. The molecule has 0 aliphatic rings. The van der Waals surface area contributed by atoms with E-state index in [1.807, 2.05) is 0 Å². The molecule has 0 saturated heterocycles. The van der Waals surface area contributed by atoms with Gasteiger partial charge in [0.2, 0.25) is 0 Å². The molecule has 3 aromatic rings. The quantitative estimate of drug-likeness (QED) is 0.707. The Labute approximate surface area is 144 Å². The Bertz CT molecular complexity index is 880. The fraction of sp³-hybridized carbons (Fsp3) is 0.278. The molecule has 0 amide bonds. The molecule has 0 aliphatic carbocycles. The van der Waals surface area contributed by atoms with E-state index >= 15 is 0 Å². The van der Waals surface area contributed by atoms with Crippen LogP contribution in [0.3, 0.4) is 0 Å². The largest absolute Gasteiger partial charge is 0.497 e. The van der Waals surface area contributed by atoms with E-state index in [2.05, 4.69) is 10.3 Å². The summed E-state index contributed by atoms with van der Waals surface area (Å²) in [5.41, 5.74) is 1.61. The van der Waals surface area contributed by atoms with Crippen LogP contribution in [0.1, 0.15) is 25.3 Å². The van der Waals surface area contributed by atoms with Gasteiger partial charge in [-0.1, -0.05) is 12.1 Å². The number of aromatic nitrogens is 2. The van der Waals surface area contributed by atoms with Crippen molar-refractivity contribution in [2.45, 2.75) is 19.5 Å². The van der Waals surface area contributed by atoms with Gasteiger partial charge in [-0.25, -0.2) is 4.98 Å². The van der Waals surface area contributed by atoms with Crippen LogP contribution in [-0.2, 0) is 0 Å². The number of methoxy groups -OCH3 is 2. The molecule has 0 bridgehead atoms. The van der Waals surface area contributed by atoms with Crippen LogP contribution >= 0.6 is 0 Å². The van der Waals surface area contributed by atoms with Crippen LogP contribution in [-0.4, -0.2) is 23.8 Å². The van der Waals surface area contributed by atoms with Crippen LogP contribution in [0, 0.1) is 0 Å². The highest BCUT2D eigenvalue weighted by molar-refractivity contribution is 5.76. The number of anilines is 1. The van der Waals surface area contributed by atoms with Crippen LogP contribution in [0.4, 0.5) is 14.5 Å². The van der Waals surface area contributed by atoms with E-state index in [-0.39, 0.29) is 5.82 Å². The average Bonchev–Trinajstić information content (AvgIpc) is 3.02. The van der Waals surface area contributed by atoms with Gasteiger partial charge in [0.15, 0.2) is 0 Å². The number of ether oxygens (including phenoxy) is 2. The molecule has 0 fully saturated rings. The van der Waals surface area contributed by atoms with Crippen molar-refractivity contribution in [2.24, 2.45) is 0 Å². The predicted molar refractivity (Wildman–Crippen MR) is 92.6 cm³/mol. The van der Waals surface area contributed by atoms with Crippen LogP contribution in [0.25, 0.3) is 11.0 Å². The van der Waals surface area contributed by atoms with Crippen LogP contribution in [0.5, 0.6) is 11.5 Å². The minimum absolute atomic E-state index is 0.258. The van der Waals surface area contributed by atoms with Gasteiger partial charge < -0.3 is 14.8 Å². The van der Waals surface area contributed by atoms with Gasteiger partial charge in [-0.15, -0.1) is 0 Å². The SMILES string of the molecule is COc1ccc(N[C@H](C)c2nc3ccccc3n2C(F)F)c(OC)c1. The molecule has 0 saturated carbocycles. The van der Waals surface area contributed by atoms with Crippen molar-refractivity contribution in [3.63, 3.8) is 0 Å². The minimum atomic E-state index is -2.68. The Balaban J connectivity index is 1.98. The Kier molecular flexibility index (Phi) is 4.74. The maximum Gasteiger partial charge on any atom is 0.320 e. The highest BCUT2D eigenvalue weighted by atomic mass is 19.3. The minimum Gasteiger partial charge on any atom is -0.497 e. The van der Waals surface area contributed by atoms with E-state index in [4.69, 9.17) is 9.47 Å². The number of benzene rings is 2. The maximum atomic E-state index is 13.6. The summed E-state index contributed by atoms with van der Waals surface area (Å²) in [5, 5.41) is 3.19. The second-order valence-electron chi connectivity index (χ2n) is 5.54. The van der Waals surface area contributed by atoms with Gasteiger partial charge in [-0.05, 0) is 31.2 Å². The Morgan fingerprint density at radius 3 is 2.52 bits per heavy atom. The lowest BCUT2D eigenvalue weighted by Gasteiger charge is -2.19. The molecule has 1 aromatic heterocycles. The number of fused-ring (bicyclic) bond motifs is 1. The van der Waals surface area contributed by atoms with E-state index in [0.29, 0.717) is 28.2 Å². The number of nitrogens with zero attached hydrogens (tertiary/aromatic N) is 2. The first kappa shape index (κ1) is 17.0. The van der Waals surface area contributed by atoms with Crippen molar-refractivity contribution in [3.05, 3.63) is 48.3 Å². The van der Waals surface area contributed by atoms with Gasteiger partial charge in [0.25, 0.3) is 0 Å². The summed E-state index contributed by atoms with van der Waals surface area (Å²) in [6, 6.07) is 11.7. The van der Waals surface area contributed by atoms with Gasteiger partial charge in [0, 0.05) is 6.07 Å². The standard InChI is InChI=1S/C18H19F2N3O2/c1-11(21-14-9-8-12(24-2)10-16(14)25-3)17-22-13-6-4-5-7-15(13)23(17)18(19)20/h4-11,18,21H,1-3H3/t11-/m1/s1. The first-order chi connectivity index (χ1) is 12.0. The first-order valence-corrected chi connectivity index (χ1v) is 7.78. The smallest absolute Gasteiger partial charge is 0.320 e. The fourth-order valence-corrected chi connectivity index (χ4v) is 2.79. The third-order valence-corrected chi connectivity index (χ3v) is 3.99. The number of para-hydroxylation sites is 2. The van der Waals surface area contributed by atoms with Crippen molar-refractivity contribution in [1.29, 1.82) is 0 Å². The van der Waals surface area contributed by atoms with E-state index in [1.54, 1.807) is 63.6 Å². The summed E-state index contributed by atoms with van der Waals surface area (Å²) in [6.45, 7) is -0.895. The van der Waals surface area contributed by atoms with Crippen LogP contribution in [0.2, 0.25) is 0 Å². The summed E-state index contributed by atoms with van der Waals surface area (Å²) in [7, 11) is 3.11. The molecule has 3 rings (SSSR count). The van der Waals surface area contributed by atoms with Crippen molar-refractivity contribution in [3.8, 4) is 11.5 Å². The molecule has 0 unspecified atom stereocenters. The third kappa shape index (κ3) is 3.22. The number of alkyl halides is 2. The lowest BCUT2D eigenvalue weighted by molar-refractivity contribution is 0.0708. The average molecular weight is 347 g/mol. The molecule has 132 valence electrons. The van der Waals surface area contributed by atoms with E-state index in [0.717, 1.165) is 4.57 Å². The molecule has 7 heteroatoms. The normalized spacial score (nSPS) is 12.4. The summed E-state index contributed by atoms with van der Waals surface area (Å²) in [6.07, 6.45) is 0. The molecule has 0 radical (unpaired) electrons. The number of rotatable bonds is 6. The lowest BCUT2D eigenvalue weighted by atomic mass is 10.2. The molecular weight excluding hydrogens is 328 g/mol. The zero-order valence-corrected chi connectivity index (χ0v) is 14.2. The van der Waals surface area contributed by atoms with Gasteiger partial charge in [-0.2, -0.15) is 8.78 Å². The second-order valence-corrected chi connectivity index (χ2v) is 5.54. The summed E-state index contributed by atoms with van der Waals surface area (Å²) in [5.74, 6) is 1.47. The molecular formula is C18H19F2N3O2. The van der Waals surface area contributed by atoms with Gasteiger partial charge in [0.1, 0.15) is 17.3 Å². The van der Waals surface area contributed by atoms with Crippen LogP contribution < -0.4 is 14.8 Å². The summed E-state index contributed by atoms with van der Waals surface area (Å²) >= 11 is 0. The van der Waals surface area contributed by atoms with Crippen LogP contribution in [0.15, 0.2) is 42.5 Å². The van der Waals surface area contributed by atoms with Gasteiger partial charge in [0.05, 0.1) is 37.0 Å². The van der Waals surface area contributed by atoms with Gasteiger partial charge >= 0.3 is 6.55 Å². The first-order valence-electron chi connectivity index (χ1n) is 7.78. The monoisotopic (exact) mass is 347 g/mol. The Hall–Kier alpha value is -2.83. The third-order valence-electron chi connectivity index (χ3n) is 3.99. The van der Waals surface area contributed by atoms with Crippen molar-refractivity contribution < 1.29 is 18.3 Å². The number of nitrogens with one attached hydrogen (secondary N) is 1. The molecule has 5 nitrogen and oxygen atoms in total. The summed E-state index contributed by atoms with van der Waals surface area (Å²) < 4.78 is 38.6. The highest BCUT2D eigenvalue weighted by Crippen LogP contribution is 2.33. The lowest BCUT2D eigenvalue weighted by Crippen LogP contribution is -2.15. The summed E-state index contributed by atoms with van der Waals surface area (Å²) in [4.78, 5) is 4.37. The van der Waals surface area contributed by atoms with Gasteiger partial charge in [-0.3, -0.25) is 4.57 Å². The van der Waals surface area contributed by atoms with Crippen molar-refractivity contribution >= 4 is 16.7 Å². The Morgan fingerprint density at radius 2 is 1.84 bits per heavy atom. The molecule has 0 spiro atoms. The molecule has 25 heavy (non-hydrogen) atoms. The van der Waals surface area contributed by atoms with Crippen molar-refractivity contribution in [2.75, 3.05) is 19.5 Å². The number of imidazole rings is 1. The Morgan fingerprint density at radius 1 is 1.08 bits per heavy atom. The fourth-order valence-electron chi connectivity index (χ4n) is 2.79. The van der Waals surface area contributed by atoms with E-state index in [9.17, 15) is 8.78 Å². The highest BCUT2D eigenvalue weighted by Gasteiger charge is 2.22. The molecule has 2 aromatic carbocycles. The molecule has 1 N–H and O–H groups in total. The zero-order chi connectivity index (χ0) is 18.0. The van der Waals surface area contributed by atoms with E-state index in [1.165, 1.54) is 0 Å². The number of hydrogen-bond donors (Lipinski definition) is 1. The zero-order valence-electron chi connectivity index (χ0n) is 14.2.